The first-order chi connectivity index (χ1) is 9.72. The van der Waals surface area contributed by atoms with Crippen molar-refractivity contribution in [2.24, 2.45) is 0 Å². The van der Waals surface area contributed by atoms with Crippen LogP contribution in [0, 0.1) is 0 Å². The molecule has 2 amide bonds. The lowest BCUT2D eigenvalue weighted by molar-refractivity contribution is -0.115. The number of fused-ring (bicyclic) bond motifs is 1. The molecule has 2 aliphatic heterocycles. The van der Waals surface area contributed by atoms with Crippen LogP contribution in [0.2, 0.25) is 0 Å². The number of hydrogen-bond acceptors (Lipinski definition) is 3. The molecule has 5 heteroatoms. The molecule has 3 N–H and O–H groups in total. The molecule has 2 heterocycles. The fourth-order valence-electron chi connectivity index (χ4n) is 2.84. The Balaban J connectivity index is 1.54. The van der Waals surface area contributed by atoms with E-state index in [1.165, 1.54) is 12.8 Å². The minimum Gasteiger partial charge on any atom is -0.352 e. The maximum Gasteiger partial charge on any atom is 0.251 e. The molecule has 2 aliphatic rings. The van der Waals surface area contributed by atoms with Gasteiger partial charge in [-0.15, -0.1) is 0 Å². The van der Waals surface area contributed by atoms with Gasteiger partial charge in [-0.2, -0.15) is 0 Å². The van der Waals surface area contributed by atoms with Crippen LogP contribution in [-0.4, -0.2) is 30.9 Å². The van der Waals surface area contributed by atoms with E-state index in [1.54, 1.807) is 18.2 Å². The summed E-state index contributed by atoms with van der Waals surface area (Å²) < 4.78 is 0. The summed E-state index contributed by atoms with van der Waals surface area (Å²) in [7, 11) is 0. The third-order valence-electron chi connectivity index (χ3n) is 3.93. The van der Waals surface area contributed by atoms with E-state index >= 15 is 0 Å². The second-order valence-corrected chi connectivity index (χ2v) is 5.43. The van der Waals surface area contributed by atoms with Crippen molar-refractivity contribution in [2.75, 3.05) is 18.4 Å². The molecular formula is C15H19N3O2. The van der Waals surface area contributed by atoms with Crippen molar-refractivity contribution >= 4 is 17.5 Å². The van der Waals surface area contributed by atoms with Crippen molar-refractivity contribution in [1.29, 1.82) is 0 Å². The first-order valence-corrected chi connectivity index (χ1v) is 7.17. The largest absolute Gasteiger partial charge is 0.352 e. The van der Waals surface area contributed by atoms with Gasteiger partial charge in [-0.05, 0) is 49.6 Å². The van der Waals surface area contributed by atoms with Crippen molar-refractivity contribution < 1.29 is 9.59 Å². The molecule has 20 heavy (non-hydrogen) atoms. The SMILES string of the molecule is O=C1Cc2cc(C(=O)NCCC3CCCN3)ccc2N1. The first kappa shape index (κ1) is 13.1. The van der Waals surface area contributed by atoms with Crippen LogP contribution in [0.1, 0.15) is 35.2 Å². The molecule has 1 atom stereocenters. The molecule has 0 spiro atoms. The van der Waals surface area contributed by atoms with Gasteiger partial charge < -0.3 is 16.0 Å². The number of anilines is 1. The van der Waals surface area contributed by atoms with E-state index in [2.05, 4.69) is 16.0 Å². The maximum absolute atomic E-state index is 12.1. The minimum atomic E-state index is -0.0647. The Morgan fingerprint density at radius 1 is 1.40 bits per heavy atom. The fourth-order valence-corrected chi connectivity index (χ4v) is 2.84. The number of carbonyl (C=O) groups excluding carboxylic acids is 2. The monoisotopic (exact) mass is 273 g/mol. The number of hydrogen-bond donors (Lipinski definition) is 3. The lowest BCUT2D eigenvalue weighted by Gasteiger charge is -2.11. The molecule has 1 aromatic carbocycles. The molecule has 5 nitrogen and oxygen atoms in total. The highest BCUT2D eigenvalue weighted by Gasteiger charge is 2.19. The van der Waals surface area contributed by atoms with Gasteiger partial charge in [0.25, 0.3) is 5.91 Å². The molecule has 0 aromatic heterocycles. The van der Waals surface area contributed by atoms with Gasteiger partial charge in [0, 0.05) is 23.8 Å². The van der Waals surface area contributed by atoms with Crippen molar-refractivity contribution in [3.8, 4) is 0 Å². The number of amides is 2. The van der Waals surface area contributed by atoms with Gasteiger partial charge >= 0.3 is 0 Å². The van der Waals surface area contributed by atoms with Crippen LogP contribution in [0.15, 0.2) is 18.2 Å². The number of benzene rings is 1. The third-order valence-corrected chi connectivity index (χ3v) is 3.93. The first-order valence-electron chi connectivity index (χ1n) is 7.17. The molecule has 0 aliphatic carbocycles. The van der Waals surface area contributed by atoms with Crippen LogP contribution in [0.3, 0.4) is 0 Å². The Kier molecular flexibility index (Phi) is 3.69. The van der Waals surface area contributed by atoms with Gasteiger partial charge in [0.1, 0.15) is 0 Å². The second-order valence-electron chi connectivity index (χ2n) is 5.43. The second kappa shape index (κ2) is 5.63. The van der Waals surface area contributed by atoms with E-state index in [0.29, 0.717) is 24.6 Å². The van der Waals surface area contributed by atoms with Crippen molar-refractivity contribution in [1.82, 2.24) is 10.6 Å². The van der Waals surface area contributed by atoms with Crippen LogP contribution in [0.4, 0.5) is 5.69 Å². The molecule has 1 aromatic rings. The summed E-state index contributed by atoms with van der Waals surface area (Å²) in [5, 5.41) is 9.12. The van der Waals surface area contributed by atoms with E-state index < -0.39 is 0 Å². The predicted octanol–water partition coefficient (Wildman–Crippen LogP) is 1.05. The Hall–Kier alpha value is -1.88. The molecule has 106 valence electrons. The summed E-state index contributed by atoms with van der Waals surface area (Å²) in [6, 6.07) is 5.90. The quantitative estimate of drug-likeness (QED) is 0.768. The third kappa shape index (κ3) is 2.82. The summed E-state index contributed by atoms with van der Waals surface area (Å²) in [6.07, 6.45) is 3.76. The molecule has 0 bridgehead atoms. The molecular weight excluding hydrogens is 254 g/mol. The lowest BCUT2D eigenvalue weighted by Crippen LogP contribution is -2.30. The Morgan fingerprint density at radius 3 is 3.10 bits per heavy atom. The smallest absolute Gasteiger partial charge is 0.251 e. The summed E-state index contributed by atoms with van der Waals surface area (Å²) in [4.78, 5) is 23.3. The highest BCUT2D eigenvalue weighted by atomic mass is 16.2. The van der Waals surface area contributed by atoms with E-state index in [-0.39, 0.29) is 11.8 Å². The molecule has 0 saturated carbocycles. The Morgan fingerprint density at radius 2 is 2.30 bits per heavy atom. The minimum absolute atomic E-state index is 0.00938. The van der Waals surface area contributed by atoms with Crippen LogP contribution >= 0.6 is 0 Å². The van der Waals surface area contributed by atoms with Crippen LogP contribution in [0.25, 0.3) is 0 Å². The van der Waals surface area contributed by atoms with Gasteiger partial charge in [-0.25, -0.2) is 0 Å². The Bertz CT molecular complexity index is 536. The highest BCUT2D eigenvalue weighted by molar-refractivity contribution is 6.01. The normalized spacial score (nSPS) is 20.6. The van der Waals surface area contributed by atoms with E-state index in [1.807, 2.05) is 0 Å². The maximum atomic E-state index is 12.1. The van der Waals surface area contributed by atoms with Gasteiger partial charge in [0.05, 0.1) is 6.42 Å². The zero-order valence-corrected chi connectivity index (χ0v) is 11.4. The zero-order valence-electron chi connectivity index (χ0n) is 11.4. The van der Waals surface area contributed by atoms with Crippen molar-refractivity contribution in [3.63, 3.8) is 0 Å². The summed E-state index contributed by atoms with van der Waals surface area (Å²) in [6.45, 7) is 1.77. The molecule has 3 rings (SSSR count). The van der Waals surface area contributed by atoms with Gasteiger partial charge in [-0.1, -0.05) is 0 Å². The van der Waals surface area contributed by atoms with Crippen molar-refractivity contribution in [3.05, 3.63) is 29.3 Å². The van der Waals surface area contributed by atoms with Crippen LogP contribution < -0.4 is 16.0 Å². The zero-order chi connectivity index (χ0) is 13.9. The van der Waals surface area contributed by atoms with Crippen LogP contribution in [0.5, 0.6) is 0 Å². The lowest BCUT2D eigenvalue weighted by atomic mass is 10.1. The molecule has 1 saturated heterocycles. The van der Waals surface area contributed by atoms with Crippen LogP contribution in [-0.2, 0) is 11.2 Å². The average molecular weight is 273 g/mol. The van der Waals surface area contributed by atoms with Gasteiger partial charge in [0.2, 0.25) is 5.91 Å². The van der Waals surface area contributed by atoms with Gasteiger partial charge in [0.15, 0.2) is 0 Å². The highest BCUT2D eigenvalue weighted by Crippen LogP contribution is 2.23. The molecule has 0 radical (unpaired) electrons. The fraction of sp³-hybridized carbons (Fsp3) is 0.467. The molecule has 1 unspecified atom stereocenters. The summed E-state index contributed by atoms with van der Waals surface area (Å²) in [5.41, 5.74) is 2.35. The molecule has 1 fully saturated rings. The standard InChI is InChI=1S/C15H19N3O2/c19-14-9-11-8-10(3-4-13(11)18-14)15(20)17-7-5-12-2-1-6-16-12/h3-4,8,12,16H,1-2,5-7,9H2,(H,17,20)(H,18,19). The van der Waals surface area contributed by atoms with E-state index in [9.17, 15) is 9.59 Å². The summed E-state index contributed by atoms with van der Waals surface area (Å²) in [5.74, 6) is -0.0741. The number of nitrogens with one attached hydrogen (secondary N) is 3. The van der Waals surface area contributed by atoms with Crippen molar-refractivity contribution in [2.45, 2.75) is 31.7 Å². The number of rotatable bonds is 4. The summed E-state index contributed by atoms with van der Waals surface area (Å²) >= 11 is 0. The van der Waals surface area contributed by atoms with Gasteiger partial charge in [-0.3, -0.25) is 9.59 Å². The Labute approximate surface area is 118 Å². The average Bonchev–Trinajstić information content (AvgIpc) is 3.05. The van der Waals surface area contributed by atoms with E-state index in [0.717, 1.165) is 24.2 Å². The number of carbonyl (C=O) groups is 2. The topological polar surface area (TPSA) is 70.2 Å². The van der Waals surface area contributed by atoms with E-state index in [4.69, 9.17) is 0 Å². The predicted molar refractivity (Wildman–Crippen MR) is 76.8 cm³/mol.